The first kappa shape index (κ1) is 10.1. The molecule has 0 aromatic carbocycles. The third kappa shape index (κ3) is 2.15. The second-order valence-corrected chi connectivity index (χ2v) is 3.27. The fourth-order valence-corrected chi connectivity index (χ4v) is 1.29. The quantitative estimate of drug-likeness (QED) is 0.802. The van der Waals surface area contributed by atoms with E-state index in [0.717, 1.165) is 5.69 Å². The maximum Gasteiger partial charge on any atom is 0.161 e. The van der Waals surface area contributed by atoms with E-state index in [1.807, 2.05) is 13.0 Å². The van der Waals surface area contributed by atoms with Gasteiger partial charge in [0, 0.05) is 6.20 Å². The molecule has 2 aromatic heterocycles. The third-order valence-corrected chi connectivity index (χ3v) is 2.10. The highest BCUT2D eigenvalue weighted by Gasteiger charge is 2.07. The molecule has 0 radical (unpaired) electrons. The molecule has 2 N–H and O–H groups in total. The molecular formula is C10H10N6. The van der Waals surface area contributed by atoms with E-state index >= 15 is 0 Å². The van der Waals surface area contributed by atoms with Crippen molar-refractivity contribution < 1.29 is 0 Å². The van der Waals surface area contributed by atoms with Crippen molar-refractivity contribution >= 4 is 5.82 Å². The van der Waals surface area contributed by atoms with Gasteiger partial charge in [-0.15, -0.1) is 0 Å². The van der Waals surface area contributed by atoms with Crippen LogP contribution in [0.4, 0.5) is 5.82 Å². The molecule has 0 spiro atoms. The minimum absolute atomic E-state index is 0.0331. The van der Waals surface area contributed by atoms with E-state index in [-0.39, 0.29) is 6.04 Å². The Morgan fingerprint density at radius 2 is 2.25 bits per heavy atom. The van der Waals surface area contributed by atoms with Gasteiger partial charge < -0.3 is 10.3 Å². The number of nitrogens with zero attached hydrogens (tertiary/aromatic N) is 4. The molecule has 0 aliphatic rings. The Labute approximate surface area is 92.4 Å². The number of imidazole rings is 1. The van der Waals surface area contributed by atoms with Crippen LogP contribution in [0, 0.1) is 11.3 Å². The van der Waals surface area contributed by atoms with Gasteiger partial charge in [0.2, 0.25) is 0 Å². The molecule has 0 aliphatic carbocycles. The predicted molar refractivity (Wildman–Crippen MR) is 57.4 cm³/mol. The zero-order chi connectivity index (χ0) is 11.4. The van der Waals surface area contributed by atoms with Gasteiger partial charge in [0.05, 0.1) is 30.5 Å². The molecule has 80 valence electrons. The Balaban J connectivity index is 2.12. The van der Waals surface area contributed by atoms with E-state index in [9.17, 15) is 0 Å². The zero-order valence-electron chi connectivity index (χ0n) is 8.68. The number of aromatic nitrogens is 4. The Morgan fingerprint density at radius 1 is 1.38 bits per heavy atom. The summed E-state index contributed by atoms with van der Waals surface area (Å²) in [6.45, 7) is 1.97. The minimum atomic E-state index is 0.0331. The van der Waals surface area contributed by atoms with Gasteiger partial charge in [0.1, 0.15) is 11.9 Å². The summed E-state index contributed by atoms with van der Waals surface area (Å²) < 4.78 is 0. The van der Waals surface area contributed by atoms with Gasteiger partial charge in [0.25, 0.3) is 0 Å². The predicted octanol–water partition coefficient (Wildman–Crippen LogP) is 1.24. The molecule has 1 unspecified atom stereocenters. The van der Waals surface area contributed by atoms with Gasteiger partial charge in [-0.25, -0.2) is 9.97 Å². The van der Waals surface area contributed by atoms with Crippen LogP contribution in [-0.4, -0.2) is 19.9 Å². The van der Waals surface area contributed by atoms with Crippen molar-refractivity contribution in [3.63, 3.8) is 0 Å². The lowest BCUT2D eigenvalue weighted by atomic mass is 10.2. The fraction of sp³-hybridized carbons (Fsp3) is 0.200. The first-order chi connectivity index (χ1) is 7.79. The van der Waals surface area contributed by atoms with Crippen LogP contribution in [0.15, 0.2) is 24.9 Å². The van der Waals surface area contributed by atoms with Crippen LogP contribution in [0.25, 0.3) is 0 Å². The number of rotatable bonds is 3. The van der Waals surface area contributed by atoms with E-state index in [4.69, 9.17) is 5.26 Å². The highest BCUT2D eigenvalue weighted by molar-refractivity contribution is 5.36. The lowest BCUT2D eigenvalue weighted by Gasteiger charge is -2.11. The molecular weight excluding hydrogens is 204 g/mol. The number of aromatic amines is 1. The Hall–Kier alpha value is -2.42. The summed E-state index contributed by atoms with van der Waals surface area (Å²) in [5.74, 6) is 0.571. The molecule has 2 rings (SSSR count). The molecule has 6 heteroatoms. The Morgan fingerprint density at radius 3 is 2.94 bits per heavy atom. The minimum Gasteiger partial charge on any atom is -0.361 e. The molecule has 0 amide bonds. The van der Waals surface area contributed by atoms with Crippen molar-refractivity contribution in [2.75, 3.05) is 5.32 Å². The number of hydrogen-bond donors (Lipinski definition) is 2. The van der Waals surface area contributed by atoms with Crippen LogP contribution in [-0.2, 0) is 0 Å². The topological polar surface area (TPSA) is 90.3 Å². The zero-order valence-corrected chi connectivity index (χ0v) is 8.68. The van der Waals surface area contributed by atoms with E-state index in [2.05, 4.69) is 25.3 Å². The van der Waals surface area contributed by atoms with Crippen LogP contribution >= 0.6 is 0 Å². The van der Waals surface area contributed by atoms with E-state index < -0.39 is 0 Å². The van der Waals surface area contributed by atoms with Crippen molar-refractivity contribution in [2.45, 2.75) is 13.0 Å². The van der Waals surface area contributed by atoms with Crippen molar-refractivity contribution in [1.82, 2.24) is 19.9 Å². The van der Waals surface area contributed by atoms with Gasteiger partial charge in [-0.2, -0.15) is 5.26 Å². The molecule has 0 bridgehead atoms. The van der Waals surface area contributed by atoms with Crippen LogP contribution in [0.3, 0.4) is 0 Å². The molecule has 0 saturated carbocycles. The summed E-state index contributed by atoms with van der Waals surface area (Å²) in [7, 11) is 0. The summed E-state index contributed by atoms with van der Waals surface area (Å²) in [6, 6.07) is 1.97. The lowest BCUT2D eigenvalue weighted by molar-refractivity contribution is 0.838. The summed E-state index contributed by atoms with van der Waals surface area (Å²) in [6.07, 6.45) is 6.35. The number of hydrogen-bond acceptors (Lipinski definition) is 5. The Bertz CT molecular complexity index is 498. The molecule has 0 fully saturated rings. The monoisotopic (exact) mass is 214 g/mol. The van der Waals surface area contributed by atoms with Crippen molar-refractivity contribution in [3.05, 3.63) is 36.3 Å². The van der Waals surface area contributed by atoms with Gasteiger partial charge in [-0.3, -0.25) is 4.98 Å². The lowest BCUT2D eigenvalue weighted by Crippen LogP contribution is -2.08. The third-order valence-electron chi connectivity index (χ3n) is 2.10. The fourth-order valence-electron chi connectivity index (χ4n) is 1.29. The van der Waals surface area contributed by atoms with Crippen molar-refractivity contribution in [1.29, 1.82) is 5.26 Å². The van der Waals surface area contributed by atoms with Crippen molar-refractivity contribution in [2.24, 2.45) is 0 Å². The maximum absolute atomic E-state index is 8.68. The normalized spacial score (nSPS) is 11.8. The highest BCUT2D eigenvalue weighted by atomic mass is 15.1. The average Bonchev–Trinajstić information content (AvgIpc) is 2.83. The second kappa shape index (κ2) is 4.40. The number of anilines is 1. The molecule has 2 aromatic rings. The highest BCUT2D eigenvalue weighted by Crippen LogP contribution is 2.14. The van der Waals surface area contributed by atoms with E-state index in [1.54, 1.807) is 18.7 Å². The van der Waals surface area contributed by atoms with Crippen molar-refractivity contribution in [3.8, 4) is 6.07 Å². The van der Waals surface area contributed by atoms with Gasteiger partial charge in [-0.1, -0.05) is 0 Å². The number of H-pyrrole nitrogens is 1. The second-order valence-electron chi connectivity index (χ2n) is 3.27. The maximum atomic E-state index is 8.68. The van der Waals surface area contributed by atoms with Crippen LogP contribution in [0.1, 0.15) is 24.4 Å². The van der Waals surface area contributed by atoms with Gasteiger partial charge in [0.15, 0.2) is 5.69 Å². The van der Waals surface area contributed by atoms with Crippen LogP contribution in [0.5, 0.6) is 0 Å². The smallest absolute Gasteiger partial charge is 0.161 e. The van der Waals surface area contributed by atoms with E-state index in [0.29, 0.717) is 11.5 Å². The first-order valence-corrected chi connectivity index (χ1v) is 4.76. The summed E-state index contributed by atoms with van der Waals surface area (Å²) >= 11 is 0. The molecule has 2 heterocycles. The van der Waals surface area contributed by atoms with Gasteiger partial charge >= 0.3 is 0 Å². The summed E-state index contributed by atoms with van der Waals surface area (Å²) in [5.41, 5.74) is 1.24. The molecule has 0 aliphatic heterocycles. The number of nitrogens with one attached hydrogen (secondary N) is 2. The summed E-state index contributed by atoms with van der Waals surface area (Å²) in [5, 5.41) is 11.8. The molecule has 16 heavy (non-hydrogen) atoms. The number of nitriles is 1. The average molecular weight is 214 g/mol. The Kier molecular flexibility index (Phi) is 2.78. The molecule has 0 saturated heterocycles. The standard InChI is InChI=1S/C10H10N6/c1-7(9-4-13-6-14-9)15-10-5-12-3-8(2-11)16-10/h3-7H,1H3,(H,13,14)(H,15,16). The molecule has 1 atom stereocenters. The van der Waals surface area contributed by atoms with E-state index in [1.165, 1.54) is 6.20 Å². The van der Waals surface area contributed by atoms with Gasteiger partial charge in [-0.05, 0) is 6.92 Å². The first-order valence-electron chi connectivity index (χ1n) is 4.76. The molecule has 6 nitrogen and oxygen atoms in total. The van der Waals surface area contributed by atoms with Crippen LogP contribution < -0.4 is 5.32 Å². The van der Waals surface area contributed by atoms with Crippen LogP contribution in [0.2, 0.25) is 0 Å². The SMILES string of the molecule is CC(Nc1cncc(C#N)n1)c1cnc[nH]1. The largest absolute Gasteiger partial charge is 0.361 e. The summed E-state index contributed by atoms with van der Waals surface area (Å²) in [4.78, 5) is 14.9.